The Morgan fingerprint density at radius 1 is 1.47 bits per heavy atom. The topological polar surface area (TPSA) is 61.6 Å². The fraction of sp³-hybridized carbons (Fsp3) is 0.385. The molecule has 0 radical (unpaired) electrons. The molecule has 1 aromatic carbocycles. The molecule has 0 unspecified atom stereocenters. The van der Waals surface area contributed by atoms with Crippen LogP contribution in [0.1, 0.15) is 25.8 Å². The lowest BCUT2D eigenvalue weighted by molar-refractivity contribution is -0.425. The van der Waals surface area contributed by atoms with Crippen molar-refractivity contribution in [1.29, 1.82) is 0 Å². The number of halogens is 1. The molecule has 0 aromatic heterocycles. The summed E-state index contributed by atoms with van der Waals surface area (Å²) in [6, 6.07) is 3.28. The molecule has 0 N–H and O–H groups in total. The molecule has 19 heavy (non-hydrogen) atoms. The van der Waals surface area contributed by atoms with E-state index in [0.717, 1.165) is 0 Å². The molecule has 6 heteroatoms. The zero-order valence-electron chi connectivity index (χ0n) is 11.1. The SMILES string of the molecule is CCOc1c(Cl)cc(C=C(CC)[N+](=O)[O-])cc1OC. The molecule has 104 valence electrons. The number of ether oxygens (including phenoxy) is 2. The molecule has 0 spiro atoms. The Morgan fingerprint density at radius 3 is 2.63 bits per heavy atom. The predicted octanol–water partition coefficient (Wildman–Crippen LogP) is 3.77. The minimum Gasteiger partial charge on any atom is -0.493 e. The van der Waals surface area contributed by atoms with Crippen LogP contribution in [-0.4, -0.2) is 18.6 Å². The first-order valence-corrected chi connectivity index (χ1v) is 6.26. The number of benzene rings is 1. The van der Waals surface area contributed by atoms with E-state index < -0.39 is 4.92 Å². The molecule has 0 saturated heterocycles. The van der Waals surface area contributed by atoms with Gasteiger partial charge in [-0.2, -0.15) is 0 Å². The van der Waals surface area contributed by atoms with Gasteiger partial charge >= 0.3 is 0 Å². The summed E-state index contributed by atoms with van der Waals surface area (Å²) in [4.78, 5) is 10.4. The van der Waals surface area contributed by atoms with Crippen molar-refractivity contribution in [3.05, 3.63) is 38.5 Å². The van der Waals surface area contributed by atoms with Crippen LogP contribution in [0.3, 0.4) is 0 Å². The molecule has 0 amide bonds. The normalized spacial score (nSPS) is 11.3. The van der Waals surface area contributed by atoms with Crippen molar-refractivity contribution in [2.24, 2.45) is 0 Å². The van der Waals surface area contributed by atoms with Crippen molar-refractivity contribution in [3.63, 3.8) is 0 Å². The summed E-state index contributed by atoms with van der Waals surface area (Å²) in [7, 11) is 1.50. The maximum absolute atomic E-state index is 10.8. The van der Waals surface area contributed by atoms with Crippen molar-refractivity contribution in [2.75, 3.05) is 13.7 Å². The third-order valence-electron chi connectivity index (χ3n) is 2.47. The quantitative estimate of drug-likeness (QED) is 0.589. The van der Waals surface area contributed by atoms with Gasteiger partial charge in [0.25, 0.3) is 0 Å². The van der Waals surface area contributed by atoms with E-state index in [-0.39, 0.29) is 5.70 Å². The fourth-order valence-corrected chi connectivity index (χ4v) is 1.86. The maximum atomic E-state index is 10.8. The van der Waals surface area contributed by atoms with Gasteiger partial charge in [0.1, 0.15) is 0 Å². The van der Waals surface area contributed by atoms with Crippen molar-refractivity contribution < 1.29 is 14.4 Å². The maximum Gasteiger partial charge on any atom is 0.246 e. The molecule has 0 atom stereocenters. The molecule has 5 nitrogen and oxygen atoms in total. The van der Waals surface area contributed by atoms with E-state index in [0.29, 0.717) is 35.1 Å². The van der Waals surface area contributed by atoms with Gasteiger partial charge in [-0.05, 0) is 24.6 Å². The predicted molar refractivity (Wildman–Crippen MR) is 74.4 cm³/mol. The Bertz CT molecular complexity index is 500. The Morgan fingerprint density at radius 2 is 2.16 bits per heavy atom. The minimum absolute atomic E-state index is 0.113. The standard InChI is InChI=1S/C13H16ClNO4/c1-4-10(15(16)17)6-9-7-11(14)13(19-5-2)12(8-9)18-3/h6-8H,4-5H2,1-3H3. The number of hydrogen-bond donors (Lipinski definition) is 0. The van der Waals surface area contributed by atoms with Gasteiger partial charge in [-0.15, -0.1) is 0 Å². The number of hydrogen-bond acceptors (Lipinski definition) is 4. The second-order valence-electron chi connectivity index (χ2n) is 3.71. The Hall–Kier alpha value is -1.75. The summed E-state index contributed by atoms with van der Waals surface area (Å²) < 4.78 is 10.6. The molecule has 0 aliphatic carbocycles. The van der Waals surface area contributed by atoms with E-state index in [4.69, 9.17) is 21.1 Å². The highest BCUT2D eigenvalue weighted by Gasteiger charge is 2.13. The Balaban J connectivity index is 3.25. The lowest BCUT2D eigenvalue weighted by atomic mass is 10.1. The molecule has 0 saturated carbocycles. The van der Waals surface area contributed by atoms with Gasteiger partial charge in [-0.1, -0.05) is 18.5 Å². The molecular weight excluding hydrogens is 270 g/mol. The zero-order valence-corrected chi connectivity index (χ0v) is 11.9. The second kappa shape index (κ2) is 6.99. The van der Waals surface area contributed by atoms with Crippen LogP contribution in [0.2, 0.25) is 5.02 Å². The van der Waals surface area contributed by atoms with Crippen molar-refractivity contribution in [2.45, 2.75) is 20.3 Å². The van der Waals surface area contributed by atoms with E-state index in [1.54, 1.807) is 19.1 Å². The van der Waals surface area contributed by atoms with Gasteiger partial charge in [0.05, 0.1) is 23.7 Å². The molecule has 0 fully saturated rings. The van der Waals surface area contributed by atoms with Crippen LogP contribution in [-0.2, 0) is 0 Å². The van der Waals surface area contributed by atoms with Crippen molar-refractivity contribution in [1.82, 2.24) is 0 Å². The van der Waals surface area contributed by atoms with Gasteiger partial charge in [0.15, 0.2) is 11.5 Å². The molecule has 0 bridgehead atoms. The van der Waals surface area contributed by atoms with E-state index >= 15 is 0 Å². The summed E-state index contributed by atoms with van der Waals surface area (Å²) in [6.07, 6.45) is 1.81. The number of nitrogens with zero attached hydrogens (tertiary/aromatic N) is 1. The largest absolute Gasteiger partial charge is 0.493 e. The summed E-state index contributed by atoms with van der Waals surface area (Å²) in [6.45, 7) is 4.02. The summed E-state index contributed by atoms with van der Waals surface area (Å²) in [5, 5.41) is 11.2. The van der Waals surface area contributed by atoms with Crippen LogP contribution in [0.4, 0.5) is 0 Å². The molecule has 1 rings (SSSR count). The summed E-state index contributed by atoms with van der Waals surface area (Å²) in [5.74, 6) is 0.905. The number of rotatable bonds is 6. The highest BCUT2D eigenvalue weighted by atomic mass is 35.5. The first-order chi connectivity index (χ1) is 9.03. The van der Waals surface area contributed by atoms with Crippen LogP contribution in [0, 0.1) is 10.1 Å². The molecule has 0 heterocycles. The van der Waals surface area contributed by atoms with Gasteiger partial charge in [0, 0.05) is 12.5 Å². The third kappa shape index (κ3) is 3.86. The zero-order chi connectivity index (χ0) is 14.4. The molecule has 0 aliphatic rings. The first kappa shape index (κ1) is 15.3. The lowest BCUT2D eigenvalue weighted by Gasteiger charge is -2.11. The van der Waals surface area contributed by atoms with Crippen LogP contribution < -0.4 is 9.47 Å². The van der Waals surface area contributed by atoms with Gasteiger partial charge in [-0.3, -0.25) is 10.1 Å². The number of nitro groups is 1. The van der Waals surface area contributed by atoms with Gasteiger partial charge < -0.3 is 9.47 Å². The molecular formula is C13H16ClNO4. The monoisotopic (exact) mass is 285 g/mol. The summed E-state index contributed by atoms with van der Waals surface area (Å²) >= 11 is 6.09. The van der Waals surface area contributed by atoms with Crippen LogP contribution >= 0.6 is 11.6 Å². The average Bonchev–Trinajstić information content (AvgIpc) is 2.38. The van der Waals surface area contributed by atoms with Crippen LogP contribution in [0.5, 0.6) is 11.5 Å². The van der Waals surface area contributed by atoms with Crippen molar-refractivity contribution in [3.8, 4) is 11.5 Å². The molecule has 1 aromatic rings. The van der Waals surface area contributed by atoms with Gasteiger partial charge in [0.2, 0.25) is 5.70 Å². The highest BCUT2D eigenvalue weighted by molar-refractivity contribution is 6.32. The lowest BCUT2D eigenvalue weighted by Crippen LogP contribution is -1.98. The minimum atomic E-state index is -0.406. The number of methoxy groups -OCH3 is 1. The fourth-order valence-electron chi connectivity index (χ4n) is 1.58. The third-order valence-corrected chi connectivity index (χ3v) is 2.75. The highest BCUT2D eigenvalue weighted by Crippen LogP contribution is 2.37. The van der Waals surface area contributed by atoms with E-state index in [1.807, 2.05) is 6.92 Å². The van der Waals surface area contributed by atoms with E-state index in [1.165, 1.54) is 13.2 Å². The van der Waals surface area contributed by atoms with Gasteiger partial charge in [-0.25, -0.2) is 0 Å². The summed E-state index contributed by atoms with van der Waals surface area (Å²) in [5.41, 5.74) is 0.723. The Labute approximate surface area is 116 Å². The van der Waals surface area contributed by atoms with Crippen LogP contribution in [0.25, 0.3) is 6.08 Å². The Kier molecular flexibility index (Phi) is 5.63. The first-order valence-electron chi connectivity index (χ1n) is 5.88. The smallest absolute Gasteiger partial charge is 0.246 e. The van der Waals surface area contributed by atoms with Crippen LogP contribution in [0.15, 0.2) is 17.8 Å². The van der Waals surface area contributed by atoms with E-state index in [2.05, 4.69) is 0 Å². The van der Waals surface area contributed by atoms with Crippen molar-refractivity contribution >= 4 is 17.7 Å². The number of allylic oxidation sites excluding steroid dienone is 1. The second-order valence-corrected chi connectivity index (χ2v) is 4.12. The van der Waals surface area contributed by atoms with E-state index in [9.17, 15) is 10.1 Å². The molecule has 0 aliphatic heterocycles. The average molecular weight is 286 g/mol.